The van der Waals surface area contributed by atoms with Crippen LogP contribution in [0.4, 0.5) is 10.3 Å². The Morgan fingerprint density at radius 2 is 1.97 bits per heavy atom. The molecule has 0 atom stereocenters. The molecule has 3 aromatic heterocycles. The highest BCUT2D eigenvalue weighted by molar-refractivity contribution is 7.88. The van der Waals surface area contributed by atoms with Gasteiger partial charge in [-0.15, -0.1) is 0 Å². The lowest BCUT2D eigenvalue weighted by atomic mass is 10.0. The second kappa shape index (κ2) is 7.92. The molecule has 0 bridgehead atoms. The summed E-state index contributed by atoms with van der Waals surface area (Å²) in [5, 5.41) is 7.57. The van der Waals surface area contributed by atoms with E-state index in [-0.39, 0.29) is 11.7 Å². The molecule has 1 aliphatic rings. The molecule has 1 fully saturated rings. The van der Waals surface area contributed by atoms with Crippen LogP contribution in [0.15, 0.2) is 30.7 Å². The molecule has 0 aliphatic carbocycles. The van der Waals surface area contributed by atoms with Crippen molar-refractivity contribution in [2.45, 2.75) is 38.6 Å². The first kappa shape index (κ1) is 20.7. The highest BCUT2D eigenvalue weighted by Crippen LogP contribution is 2.27. The van der Waals surface area contributed by atoms with Gasteiger partial charge in [0.25, 0.3) is 0 Å². The van der Waals surface area contributed by atoms with Crippen molar-refractivity contribution < 1.29 is 12.8 Å². The average Bonchev–Trinajstić information content (AvgIpc) is 3.12. The normalized spacial score (nSPS) is 16.4. The Labute approximate surface area is 175 Å². The smallest absolute Gasteiger partial charge is 0.223 e. The number of nitrogens with zero attached hydrogens (tertiary/aromatic N) is 5. The van der Waals surface area contributed by atoms with E-state index in [1.165, 1.54) is 16.8 Å². The average molecular weight is 433 g/mol. The summed E-state index contributed by atoms with van der Waals surface area (Å²) in [5.41, 5.74) is 2.88. The monoisotopic (exact) mass is 432 g/mol. The Balaban J connectivity index is 1.57. The fraction of sp³-hybridized carbons (Fsp3) is 0.450. The quantitative estimate of drug-likeness (QED) is 0.667. The fourth-order valence-corrected chi connectivity index (χ4v) is 4.62. The zero-order valence-electron chi connectivity index (χ0n) is 17.2. The Kier molecular flexibility index (Phi) is 5.46. The molecule has 160 valence electrons. The van der Waals surface area contributed by atoms with Gasteiger partial charge in [0.1, 0.15) is 5.69 Å². The predicted octanol–water partition coefficient (Wildman–Crippen LogP) is 2.89. The number of halogens is 1. The molecule has 10 heteroatoms. The van der Waals surface area contributed by atoms with Crippen LogP contribution < -0.4 is 5.32 Å². The summed E-state index contributed by atoms with van der Waals surface area (Å²) in [4.78, 5) is 8.49. The zero-order chi connectivity index (χ0) is 21.5. The zero-order valence-corrected chi connectivity index (χ0v) is 18.0. The number of anilines is 1. The lowest BCUT2D eigenvalue weighted by Crippen LogP contribution is -2.42. The van der Waals surface area contributed by atoms with Crippen LogP contribution in [0.1, 0.15) is 38.2 Å². The SMILES string of the molecule is CC(C)c1cnn2ccc(-c3nc(NC4CCN(S(C)(=O)=O)CC4)ncc3F)cc12. The van der Waals surface area contributed by atoms with Gasteiger partial charge in [-0.3, -0.25) is 0 Å². The summed E-state index contributed by atoms with van der Waals surface area (Å²) >= 11 is 0. The van der Waals surface area contributed by atoms with E-state index >= 15 is 0 Å². The predicted molar refractivity (Wildman–Crippen MR) is 113 cm³/mol. The van der Waals surface area contributed by atoms with Crippen LogP contribution in [0.3, 0.4) is 0 Å². The summed E-state index contributed by atoms with van der Waals surface area (Å²) in [7, 11) is -3.18. The van der Waals surface area contributed by atoms with Crippen LogP contribution in [0.2, 0.25) is 0 Å². The van der Waals surface area contributed by atoms with Gasteiger partial charge in [0.2, 0.25) is 16.0 Å². The Morgan fingerprint density at radius 3 is 2.63 bits per heavy atom. The lowest BCUT2D eigenvalue weighted by Gasteiger charge is -2.30. The first-order valence-electron chi connectivity index (χ1n) is 9.94. The molecule has 8 nitrogen and oxygen atoms in total. The summed E-state index contributed by atoms with van der Waals surface area (Å²) < 4.78 is 41.1. The molecule has 4 heterocycles. The van der Waals surface area contributed by atoms with Crippen molar-refractivity contribution in [2.24, 2.45) is 0 Å². The van der Waals surface area contributed by atoms with Gasteiger partial charge in [-0.1, -0.05) is 13.8 Å². The maximum atomic E-state index is 14.6. The molecule has 0 amide bonds. The van der Waals surface area contributed by atoms with Crippen molar-refractivity contribution in [3.63, 3.8) is 0 Å². The van der Waals surface area contributed by atoms with Crippen molar-refractivity contribution in [1.82, 2.24) is 23.9 Å². The molecule has 3 aromatic rings. The molecule has 0 aromatic carbocycles. The van der Waals surface area contributed by atoms with Crippen molar-refractivity contribution in [1.29, 1.82) is 0 Å². The first-order valence-corrected chi connectivity index (χ1v) is 11.8. The third-order valence-corrected chi connectivity index (χ3v) is 6.75. The maximum absolute atomic E-state index is 14.6. The lowest BCUT2D eigenvalue weighted by molar-refractivity contribution is 0.331. The number of nitrogens with one attached hydrogen (secondary N) is 1. The Bertz CT molecular complexity index is 1170. The minimum atomic E-state index is -3.18. The molecule has 0 radical (unpaired) electrons. The summed E-state index contributed by atoms with van der Waals surface area (Å²) in [5.74, 6) is 0.132. The molecule has 0 unspecified atom stereocenters. The topological polar surface area (TPSA) is 92.5 Å². The van der Waals surface area contributed by atoms with Gasteiger partial charge in [0.05, 0.1) is 24.2 Å². The van der Waals surface area contributed by atoms with Crippen LogP contribution in [-0.4, -0.2) is 57.7 Å². The minimum Gasteiger partial charge on any atom is -0.351 e. The number of sulfonamides is 1. The number of rotatable bonds is 5. The van der Waals surface area contributed by atoms with Crippen LogP contribution >= 0.6 is 0 Å². The largest absolute Gasteiger partial charge is 0.351 e. The molecule has 1 N–H and O–H groups in total. The van der Waals surface area contributed by atoms with E-state index in [0.29, 0.717) is 43.4 Å². The van der Waals surface area contributed by atoms with Gasteiger partial charge in [-0.2, -0.15) is 5.10 Å². The van der Waals surface area contributed by atoms with Crippen molar-refractivity contribution in [2.75, 3.05) is 24.7 Å². The van der Waals surface area contributed by atoms with Gasteiger partial charge in [-0.05, 0) is 30.9 Å². The maximum Gasteiger partial charge on any atom is 0.223 e. The standard InChI is InChI=1S/C20H25FN6O2S/c1-13(2)16-11-23-27-9-4-14(10-18(16)27)19-17(21)12-22-20(25-19)24-15-5-7-26(8-6-15)30(3,28)29/h4,9-13,15H,5-8H2,1-3H3,(H,22,24,25). The van der Waals surface area contributed by atoms with Crippen LogP contribution in [0, 0.1) is 5.82 Å². The summed E-state index contributed by atoms with van der Waals surface area (Å²) in [6.45, 7) is 5.07. The van der Waals surface area contributed by atoms with E-state index in [2.05, 4.69) is 34.2 Å². The Hall–Kier alpha value is -2.59. The third kappa shape index (κ3) is 4.15. The molecule has 1 aliphatic heterocycles. The molecular formula is C20H25FN6O2S. The number of pyridine rings is 1. The van der Waals surface area contributed by atoms with Crippen molar-refractivity contribution in [3.05, 3.63) is 42.1 Å². The van der Waals surface area contributed by atoms with Crippen LogP contribution in [0.5, 0.6) is 0 Å². The third-order valence-electron chi connectivity index (χ3n) is 5.45. The minimum absolute atomic E-state index is 0.0335. The van der Waals surface area contributed by atoms with Gasteiger partial charge in [0, 0.05) is 36.5 Å². The van der Waals surface area contributed by atoms with Gasteiger partial charge < -0.3 is 5.32 Å². The van der Waals surface area contributed by atoms with E-state index < -0.39 is 15.8 Å². The second-order valence-electron chi connectivity index (χ2n) is 7.97. The van der Waals surface area contributed by atoms with Crippen molar-refractivity contribution >= 4 is 21.5 Å². The highest BCUT2D eigenvalue weighted by Gasteiger charge is 2.25. The Morgan fingerprint density at radius 1 is 1.23 bits per heavy atom. The number of fused-ring (bicyclic) bond motifs is 1. The number of hydrogen-bond acceptors (Lipinski definition) is 6. The highest BCUT2D eigenvalue weighted by atomic mass is 32.2. The molecule has 4 rings (SSSR count). The van der Waals surface area contributed by atoms with E-state index in [1.54, 1.807) is 16.8 Å². The van der Waals surface area contributed by atoms with Crippen molar-refractivity contribution in [3.8, 4) is 11.3 Å². The van der Waals surface area contributed by atoms with Gasteiger partial charge in [0.15, 0.2) is 5.82 Å². The van der Waals surface area contributed by atoms with E-state index in [4.69, 9.17) is 0 Å². The van der Waals surface area contributed by atoms with E-state index in [9.17, 15) is 12.8 Å². The van der Waals surface area contributed by atoms with Crippen LogP contribution in [-0.2, 0) is 10.0 Å². The number of aromatic nitrogens is 4. The van der Waals surface area contributed by atoms with E-state index in [1.807, 2.05) is 12.3 Å². The molecule has 0 spiro atoms. The van der Waals surface area contributed by atoms with Gasteiger partial charge >= 0.3 is 0 Å². The summed E-state index contributed by atoms with van der Waals surface area (Å²) in [6, 6.07) is 3.71. The number of piperidine rings is 1. The summed E-state index contributed by atoms with van der Waals surface area (Å²) in [6.07, 6.45) is 7.30. The molecule has 1 saturated heterocycles. The molecule has 0 saturated carbocycles. The van der Waals surface area contributed by atoms with Crippen LogP contribution in [0.25, 0.3) is 16.8 Å². The first-order chi connectivity index (χ1) is 14.2. The second-order valence-corrected chi connectivity index (χ2v) is 9.95. The number of hydrogen-bond donors (Lipinski definition) is 1. The molecular weight excluding hydrogens is 407 g/mol. The van der Waals surface area contributed by atoms with Gasteiger partial charge in [-0.25, -0.2) is 31.6 Å². The fourth-order valence-electron chi connectivity index (χ4n) is 3.75. The van der Waals surface area contributed by atoms with E-state index in [0.717, 1.165) is 11.1 Å². The molecule has 30 heavy (non-hydrogen) atoms.